The molecule has 1 aromatic heterocycles. The van der Waals surface area contributed by atoms with Crippen LogP contribution in [0.2, 0.25) is 5.02 Å². The molecule has 0 amide bonds. The van der Waals surface area contributed by atoms with E-state index in [0.29, 0.717) is 0 Å². The SMILES string of the molecule is CCOC(=O)c1nn(CCN)c(C(=O)OCC)c1Cl. The van der Waals surface area contributed by atoms with Gasteiger partial charge >= 0.3 is 11.9 Å². The van der Waals surface area contributed by atoms with Gasteiger partial charge in [0.05, 0.1) is 19.8 Å². The molecule has 0 fully saturated rings. The summed E-state index contributed by atoms with van der Waals surface area (Å²) in [6.07, 6.45) is 0. The highest BCUT2D eigenvalue weighted by atomic mass is 35.5. The van der Waals surface area contributed by atoms with Crippen LogP contribution in [0.1, 0.15) is 34.8 Å². The number of nitrogens with zero attached hydrogens (tertiary/aromatic N) is 2. The van der Waals surface area contributed by atoms with Gasteiger partial charge in [0, 0.05) is 6.54 Å². The molecular weight excluding hydrogens is 274 g/mol. The highest BCUT2D eigenvalue weighted by molar-refractivity contribution is 6.36. The van der Waals surface area contributed by atoms with Crippen molar-refractivity contribution in [2.24, 2.45) is 5.73 Å². The molecule has 0 bridgehead atoms. The van der Waals surface area contributed by atoms with Gasteiger partial charge in [-0.2, -0.15) is 5.10 Å². The second-order valence-electron chi connectivity index (χ2n) is 3.46. The van der Waals surface area contributed by atoms with Gasteiger partial charge in [-0.3, -0.25) is 4.68 Å². The lowest BCUT2D eigenvalue weighted by molar-refractivity contribution is 0.0506. The van der Waals surface area contributed by atoms with Crippen molar-refractivity contribution in [2.45, 2.75) is 20.4 Å². The Morgan fingerprint density at radius 3 is 2.37 bits per heavy atom. The summed E-state index contributed by atoms with van der Waals surface area (Å²) in [5.41, 5.74) is 5.33. The Bertz CT molecular complexity index is 473. The van der Waals surface area contributed by atoms with E-state index in [0.717, 1.165) is 0 Å². The number of ether oxygens (including phenoxy) is 2. The molecule has 0 spiro atoms. The van der Waals surface area contributed by atoms with E-state index in [1.165, 1.54) is 4.68 Å². The lowest BCUT2D eigenvalue weighted by Crippen LogP contribution is -2.18. The topological polar surface area (TPSA) is 96.4 Å². The van der Waals surface area contributed by atoms with Crippen molar-refractivity contribution in [3.8, 4) is 0 Å². The Hall–Kier alpha value is -1.60. The van der Waals surface area contributed by atoms with Gasteiger partial charge in [0.15, 0.2) is 11.4 Å². The Morgan fingerprint density at radius 2 is 1.84 bits per heavy atom. The average Bonchev–Trinajstić information content (AvgIpc) is 2.67. The first-order valence-electron chi connectivity index (χ1n) is 5.87. The van der Waals surface area contributed by atoms with Crippen molar-refractivity contribution in [1.82, 2.24) is 9.78 Å². The van der Waals surface area contributed by atoms with Gasteiger partial charge in [-0.25, -0.2) is 9.59 Å². The molecule has 19 heavy (non-hydrogen) atoms. The lowest BCUT2D eigenvalue weighted by Gasteiger charge is -2.05. The van der Waals surface area contributed by atoms with Crippen molar-refractivity contribution in [1.29, 1.82) is 0 Å². The van der Waals surface area contributed by atoms with Crippen LogP contribution in [0.5, 0.6) is 0 Å². The molecule has 8 heteroatoms. The summed E-state index contributed by atoms with van der Waals surface area (Å²) in [4.78, 5) is 23.4. The van der Waals surface area contributed by atoms with Gasteiger partial charge in [-0.1, -0.05) is 11.6 Å². The van der Waals surface area contributed by atoms with Crippen LogP contribution >= 0.6 is 11.6 Å². The number of carbonyl (C=O) groups excluding carboxylic acids is 2. The van der Waals surface area contributed by atoms with Gasteiger partial charge in [-0.05, 0) is 13.8 Å². The largest absolute Gasteiger partial charge is 0.461 e. The normalized spacial score (nSPS) is 10.3. The third-order valence-electron chi connectivity index (χ3n) is 2.17. The molecule has 0 saturated heterocycles. The minimum atomic E-state index is -0.686. The lowest BCUT2D eigenvalue weighted by atomic mass is 10.3. The van der Waals surface area contributed by atoms with Gasteiger partial charge in [-0.15, -0.1) is 0 Å². The highest BCUT2D eigenvalue weighted by Gasteiger charge is 2.27. The van der Waals surface area contributed by atoms with E-state index in [1.54, 1.807) is 13.8 Å². The molecule has 1 heterocycles. The fourth-order valence-corrected chi connectivity index (χ4v) is 1.74. The maximum Gasteiger partial charge on any atom is 0.360 e. The maximum absolute atomic E-state index is 11.8. The first-order valence-corrected chi connectivity index (χ1v) is 6.25. The van der Waals surface area contributed by atoms with Crippen LogP contribution in [0.3, 0.4) is 0 Å². The van der Waals surface area contributed by atoms with Gasteiger partial charge in [0.1, 0.15) is 5.02 Å². The minimum absolute atomic E-state index is 0.0111. The zero-order chi connectivity index (χ0) is 14.4. The zero-order valence-corrected chi connectivity index (χ0v) is 11.6. The molecule has 0 radical (unpaired) electrons. The minimum Gasteiger partial charge on any atom is -0.461 e. The van der Waals surface area contributed by atoms with E-state index >= 15 is 0 Å². The molecule has 2 N–H and O–H groups in total. The molecule has 0 aliphatic rings. The standard InChI is InChI=1S/C11H16ClN3O4/c1-3-18-10(16)8-7(12)9(11(17)19-4-2)15(14-8)6-5-13/h3-6,13H2,1-2H3. The second kappa shape index (κ2) is 7.10. The fraction of sp³-hybridized carbons (Fsp3) is 0.545. The number of rotatable bonds is 6. The number of nitrogens with two attached hydrogens (primary N) is 1. The third-order valence-corrected chi connectivity index (χ3v) is 2.53. The van der Waals surface area contributed by atoms with Gasteiger partial charge < -0.3 is 15.2 Å². The summed E-state index contributed by atoms with van der Waals surface area (Å²) < 4.78 is 10.9. The first kappa shape index (κ1) is 15.5. The summed E-state index contributed by atoms with van der Waals surface area (Å²) in [5, 5.41) is 3.87. The number of carbonyl (C=O) groups is 2. The molecule has 0 unspecified atom stereocenters. The molecule has 0 atom stereocenters. The van der Waals surface area contributed by atoms with E-state index in [1.807, 2.05) is 0 Å². The van der Waals surface area contributed by atoms with E-state index in [9.17, 15) is 9.59 Å². The third kappa shape index (κ3) is 3.45. The van der Waals surface area contributed by atoms with Gasteiger partial charge in [0.25, 0.3) is 0 Å². The number of halogens is 1. The van der Waals surface area contributed by atoms with Crippen LogP contribution < -0.4 is 5.73 Å². The number of hydrogen-bond donors (Lipinski definition) is 1. The molecular formula is C11H16ClN3O4. The van der Waals surface area contributed by atoms with Crippen molar-refractivity contribution in [3.05, 3.63) is 16.4 Å². The van der Waals surface area contributed by atoms with Crippen LogP contribution in [0.15, 0.2) is 0 Å². The molecule has 1 rings (SSSR count). The maximum atomic E-state index is 11.8. The van der Waals surface area contributed by atoms with Crippen LogP contribution in [-0.2, 0) is 16.0 Å². The van der Waals surface area contributed by atoms with Crippen LogP contribution in [-0.4, -0.2) is 41.5 Å². The molecule has 0 aromatic carbocycles. The van der Waals surface area contributed by atoms with Crippen LogP contribution in [0, 0.1) is 0 Å². The molecule has 106 valence electrons. The second-order valence-corrected chi connectivity index (χ2v) is 3.84. The van der Waals surface area contributed by atoms with Crippen molar-refractivity contribution in [2.75, 3.05) is 19.8 Å². The summed E-state index contributed by atoms with van der Waals surface area (Å²) in [7, 11) is 0. The summed E-state index contributed by atoms with van der Waals surface area (Å²) in [6, 6.07) is 0. The van der Waals surface area contributed by atoms with Gasteiger partial charge in [0.2, 0.25) is 0 Å². The van der Waals surface area contributed by atoms with Crippen LogP contribution in [0.4, 0.5) is 0 Å². The molecule has 1 aromatic rings. The summed E-state index contributed by atoms with van der Waals surface area (Å²) in [6.45, 7) is 4.20. The van der Waals surface area contributed by atoms with E-state index < -0.39 is 11.9 Å². The molecule has 0 aliphatic carbocycles. The van der Waals surface area contributed by atoms with E-state index in [4.69, 9.17) is 26.8 Å². The monoisotopic (exact) mass is 289 g/mol. The summed E-state index contributed by atoms with van der Waals surface area (Å²) in [5.74, 6) is -1.34. The Kier molecular flexibility index (Phi) is 5.78. The van der Waals surface area contributed by atoms with E-state index in [-0.39, 0.29) is 42.7 Å². The Balaban J connectivity index is 3.19. The van der Waals surface area contributed by atoms with Crippen molar-refractivity contribution < 1.29 is 19.1 Å². The van der Waals surface area contributed by atoms with E-state index in [2.05, 4.69) is 5.10 Å². The summed E-state index contributed by atoms with van der Waals surface area (Å²) >= 11 is 6.00. The Labute approximate surface area is 115 Å². The smallest absolute Gasteiger partial charge is 0.360 e. The zero-order valence-electron chi connectivity index (χ0n) is 10.8. The molecule has 7 nitrogen and oxygen atoms in total. The fourth-order valence-electron chi connectivity index (χ4n) is 1.45. The number of aromatic nitrogens is 2. The predicted molar refractivity (Wildman–Crippen MR) is 68.2 cm³/mol. The average molecular weight is 290 g/mol. The Morgan fingerprint density at radius 1 is 1.26 bits per heavy atom. The molecule has 0 saturated carbocycles. The van der Waals surface area contributed by atoms with Crippen LogP contribution in [0.25, 0.3) is 0 Å². The quantitative estimate of drug-likeness (QED) is 0.780. The predicted octanol–water partition coefficient (Wildman–Crippen LogP) is 0.849. The first-order chi connectivity index (χ1) is 9.06. The van der Waals surface area contributed by atoms with Crippen molar-refractivity contribution >= 4 is 23.5 Å². The highest BCUT2D eigenvalue weighted by Crippen LogP contribution is 2.22. The number of esters is 2. The number of hydrogen-bond acceptors (Lipinski definition) is 6. The van der Waals surface area contributed by atoms with Crippen molar-refractivity contribution in [3.63, 3.8) is 0 Å². The molecule has 0 aliphatic heterocycles.